The van der Waals surface area contributed by atoms with Crippen LogP contribution in [0, 0.1) is 13.8 Å². The molecule has 0 spiro atoms. The molecule has 0 amide bonds. The van der Waals surface area contributed by atoms with E-state index in [0.29, 0.717) is 24.9 Å². The van der Waals surface area contributed by atoms with Crippen molar-refractivity contribution in [2.45, 2.75) is 52.7 Å². The van der Waals surface area contributed by atoms with Gasteiger partial charge in [0.25, 0.3) is 0 Å². The van der Waals surface area contributed by atoms with Gasteiger partial charge in [0.05, 0.1) is 6.54 Å². The van der Waals surface area contributed by atoms with Crippen molar-refractivity contribution in [1.29, 1.82) is 0 Å². The van der Waals surface area contributed by atoms with Gasteiger partial charge in [-0.25, -0.2) is 14.8 Å². The molecule has 8 heteroatoms. The maximum Gasteiger partial charge on any atom is 0.439 e. The number of hydrogen-bond acceptors (Lipinski definition) is 6. The number of aromatic amines is 1. The van der Waals surface area contributed by atoms with Crippen molar-refractivity contribution < 1.29 is 9.26 Å². The van der Waals surface area contributed by atoms with E-state index in [4.69, 9.17) is 19.2 Å². The molecule has 1 saturated carbocycles. The highest BCUT2D eigenvalue weighted by atomic mass is 16.5. The minimum absolute atomic E-state index is 0.410. The van der Waals surface area contributed by atoms with Crippen molar-refractivity contribution in [3.63, 3.8) is 0 Å². The van der Waals surface area contributed by atoms with Gasteiger partial charge >= 0.3 is 5.76 Å². The molecule has 7 rings (SSSR count). The lowest BCUT2D eigenvalue weighted by Crippen LogP contribution is -2.06. The Kier molecular flexibility index (Phi) is 5.11. The van der Waals surface area contributed by atoms with E-state index in [1.54, 1.807) is 0 Å². The van der Waals surface area contributed by atoms with Crippen LogP contribution in [0.15, 0.2) is 57.8 Å². The van der Waals surface area contributed by atoms with Gasteiger partial charge in [0.2, 0.25) is 0 Å². The molecule has 4 heterocycles. The molecule has 5 aromatic rings. The summed E-state index contributed by atoms with van der Waals surface area (Å²) in [5.74, 6) is 2.24. The van der Waals surface area contributed by atoms with Crippen LogP contribution < -0.4 is 10.5 Å². The van der Waals surface area contributed by atoms with E-state index in [1.807, 2.05) is 26.0 Å². The van der Waals surface area contributed by atoms with Crippen LogP contribution in [0.2, 0.25) is 0 Å². The van der Waals surface area contributed by atoms with Crippen molar-refractivity contribution in [3.05, 3.63) is 104 Å². The quantitative estimate of drug-likeness (QED) is 0.345. The van der Waals surface area contributed by atoms with Crippen molar-refractivity contribution >= 4 is 22.3 Å². The van der Waals surface area contributed by atoms with Crippen LogP contribution in [0.4, 0.5) is 0 Å². The Bertz CT molecular complexity index is 1820. The van der Waals surface area contributed by atoms with E-state index in [1.165, 1.54) is 12.8 Å². The van der Waals surface area contributed by atoms with E-state index in [9.17, 15) is 4.79 Å². The third kappa shape index (κ3) is 3.75. The number of fused-ring (bicyclic) bond motifs is 3. The van der Waals surface area contributed by atoms with Crippen LogP contribution in [0.1, 0.15) is 70.8 Å². The molecule has 2 aliphatic rings. The normalized spacial score (nSPS) is 16.1. The molecule has 190 valence electrons. The molecule has 2 aromatic carbocycles. The number of ether oxygens (including phenoxy) is 1. The van der Waals surface area contributed by atoms with E-state index in [2.05, 4.69) is 58.0 Å². The fraction of sp³-hybridized carbons (Fsp3) is 0.267. The molecular formula is C30H27N5O3. The van der Waals surface area contributed by atoms with Gasteiger partial charge < -0.3 is 9.30 Å². The summed E-state index contributed by atoms with van der Waals surface area (Å²) in [6, 6.07) is 16.6. The van der Waals surface area contributed by atoms with Gasteiger partial charge in [-0.05, 0) is 73.6 Å². The molecule has 38 heavy (non-hydrogen) atoms. The van der Waals surface area contributed by atoms with Crippen LogP contribution in [-0.4, -0.2) is 24.7 Å². The minimum Gasteiger partial charge on any atom is -0.488 e. The standard InChI is InChI=1S/C30H27N5O3/c1-16-12-17(2)31-29-26(16)32-28(20-9-10-20)35(29)14-19-8-11-23-24(13-19)37-15-21-6-4-5-7-22(21)25(23)18(3)27-33-30(36)38-34-27/h4-8,11-13,20H,9-10,14-15H2,1-3H3,(H,33,34,36)/b25-18+. The second-order valence-corrected chi connectivity index (χ2v) is 10.3. The second kappa shape index (κ2) is 8.55. The molecule has 0 atom stereocenters. The predicted molar refractivity (Wildman–Crippen MR) is 144 cm³/mol. The third-order valence-electron chi connectivity index (χ3n) is 7.49. The van der Waals surface area contributed by atoms with E-state index < -0.39 is 5.76 Å². The molecule has 0 saturated heterocycles. The first-order valence-corrected chi connectivity index (χ1v) is 12.9. The molecule has 0 unspecified atom stereocenters. The van der Waals surface area contributed by atoms with E-state index >= 15 is 0 Å². The minimum atomic E-state index is -0.577. The summed E-state index contributed by atoms with van der Waals surface area (Å²) >= 11 is 0. The van der Waals surface area contributed by atoms with Crippen molar-refractivity contribution in [2.24, 2.45) is 0 Å². The Labute approximate surface area is 219 Å². The number of H-pyrrole nitrogens is 1. The summed E-state index contributed by atoms with van der Waals surface area (Å²) in [4.78, 5) is 24.3. The lowest BCUT2D eigenvalue weighted by atomic mass is 9.90. The monoisotopic (exact) mass is 505 g/mol. The van der Waals surface area contributed by atoms with Crippen molar-refractivity contribution in [1.82, 2.24) is 24.7 Å². The average molecular weight is 506 g/mol. The van der Waals surface area contributed by atoms with E-state index in [0.717, 1.165) is 67.4 Å². The topological polar surface area (TPSA) is 98.8 Å². The summed E-state index contributed by atoms with van der Waals surface area (Å²) in [5, 5.41) is 3.95. The number of benzene rings is 2. The van der Waals surface area contributed by atoms with Crippen LogP contribution >= 0.6 is 0 Å². The fourth-order valence-electron chi connectivity index (χ4n) is 5.51. The molecular weight excluding hydrogens is 478 g/mol. The Morgan fingerprint density at radius 1 is 1.08 bits per heavy atom. The van der Waals surface area contributed by atoms with Gasteiger partial charge in [-0.15, -0.1) is 0 Å². The summed E-state index contributed by atoms with van der Waals surface area (Å²) in [6.07, 6.45) is 2.34. The predicted octanol–water partition coefficient (Wildman–Crippen LogP) is 5.52. The van der Waals surface area contributed by atoms with Gasteiger partial charge in [0.1, 0.15) is 23.7 Å². The Hall–Kier alpha value is -4.46. The molecule has 1 aliphatic carbocycles. The number of aromatic nitrogens is 5. The first kappa shape index (κ1) is 22.7. The Morgan fingerprint density at radius 2 is 1.92 bits per heavy atom. The summed E-state index contributed by atoms with van der Waals surface area (Å²) in [6.45, 7) is 7.19. The number of allylic oxidation sites excluding steroid dienone is 1. The maximum absolute atomic E-state index is 11.7. The summed E-state index contributed by atoms with van der Waals surface area (Å²) in [7, 11) is 0. The molecule has 1 N–H and O–H groups in total. The van der Waals surface area contributed by atoms with Crippen LogP contribution in [0.5, 0.6) is 5.75 Å². The van der Waals surface area contributed by atoms with Crippen LogP contribution in [0.3, 0.4) is 0 Å². The molecule has 0 radical (unpaired) electrons. The largest absolute Gasteiger partial charge is 0.488 e. The number of nitrogens with one attached hydrogen (secondary N) is 1. The second-order valence-electron chi connectivity index (χ2n) is 10.3. The van der Waals surface area contributed by atoms with Gasteiger partial charge in [-0.1, -0.05) is 41.6 Å². The zero-order valence-corrected chi connectivity index (χ0v) is 21.5. The molecule has 0 bridgehead atoms. The van der Waals surface area contributed by atoms with Crippen LogP contribution in [-0.2, 0) is 13.2 Å². The van der Waals surface area contributed by atoms with Gasteiger partial charge in [0, 0.05) is 22.7 Å². The van der Waals surface area contributed by atoms with Gasteiger partial charge in [0.15, 0.2) is 11.5 Å². The fourth-order valence-corrected chi connectivity index (χ4v) is 5.51. The number of rotatable bonds is 4. The van der Waals surface area contributed by atoms with Crippen molar-refractivity contribution in [2.75, 3.05) is 0 Å². The number of pyridine rings is 1. The summed E-state index contributed by atoms with van der Waals surface area (Å²) in [5.41, 5.74) is 10.0. The highest BCUT2D eigenvalue weighted by Gasteiger charge is 2.31. The third-order valence-corrected chi connectivity index (χ3v) is 7.49. The van der Waals surface area contributed by atoms with Crippen LogP contribution in [0.25, 0.3) is 22.3 Å². The van der Waals surface area contributed by atoms with Gasteiger partial charge in [-0.2, -0.15) is 0 Å². The number of aryl methyl sites for hydroxylation is 2. The maximum atomic E-state index is 11.7. The van der Waals surface area contributed by atoms with E-state index in [-0.39, 0.29) is 0 Å². The van der Waals surface area contributed by atoms with Crippen molar-refractivity contribution in [3.8, 4) is 5.75 Å². The smallest absolute Gasteiger partial charge is 0.439 e. The molecule has 1 fully saturated rings. The lowest BCUT2D eigenvalue weighted by Gasteiger charge is -2.15. The first-order chi connectivity index (χ1) is 18.5. The number of nitrogens with zero attached hydrogens (tertiary/aromatic N) is 4. The number of hydrogen-bond donors (Lipinski definition) is 1. The highest BCUT2D eigenvalue weighted by molar-refractivity contribution is 5.99. The average Bonchev–Trinajstić information content (AvgIpc) is 3.59. The molecule has 8 nitrogen and oxygen atoms in total. The zero-order valence-electron chi connectivity index (χ0n) is 21.5. The molecule has 1 aliphatic heterocycles. The van der Waals surface area contributed by atoms with Gasteiger partial charge in [-0.3, -0.25) is 9.51 Å². The lowest BCUT2D eigenvalue weighted by molar-refractivity contribution is 0.307. The SMILES string of the molecule is C/C(=C1/c2ccccc2COc2cc(Cn3c(C4CC4)nc4c(C)cc(C)nc43)ccc21)c1noc(=O)[nH]1. The first-order valence-electron chi connectivity index (χ1n) is 12.9. The zero-order chi connectivity index (χ0) is 26.0. The molecule has 3 aromatic heterocycles. The Morgan fingerprint density at radius 3 is 2.71 bits per heavy atom. The number of imidazole rings is 1. The Balaban J connectivity index is 1.36. The summed E-state index contributed by atoms with van der Waals surface area (Å²) < 4.78 is 13.5. The highest BCUT2D eigenvalue weighted by Crippen LogP contribution is 2.43.